The Hall–Kier alpha value is -2.59. The Bertz CT molecular complexity index is 798. The van der Waals surface area contributed by atoms with E-state index in [4.69, 9.17) is 4.74 Å². The van der Waals surface area contributed by atoms with E-state index < -0.39 is 6.09 Å². The number of carbonyl (C=O) groups is 1. The van der Waals surface area contributed by atoms with Crippen LogP contribution < -0.4 is 9.64 Å². The molecule has 23 heavy (non-hydrogen) atoms. The summed E-state index contributed by atoms with van der Waals surface area (Å²) < 4.78 is 5.52. The van der Waals surface area contributed by atoms with Crippen molar-refractivity contribution in [3.63, 3.8) is 0 Å². The third-order valence-corrected chi connectivity index (χ3v) is 4.33. The molecule has 3 rings (SSSR count). The molecule has 0 saturated heterocycles. The lowest BCUT2D eigenvalue weighted by Crippen LogP contribution is -2.29. The molecule has 1 heterocycles. The number of thiophene rings is 1. The average Bonchev–Trinajstić information content (AvgIpc) is 3.11. The van der Waals surface area contributed by atoms with E-state index in [9.17, 15) is 4.79 Å². The van der Waals surface area contributed by atoms with Gasteiger partial charge in [-0.2, -0.15) is 11.3 Å². The van der Waals surface area contributed by atoms with Gasteiger partial charge in [0.05, 0.1) is 0 Å². The van der Waals surface area contributed by atoms with Gasteiger partial charge in [0.2, 0.25) is 0 Å². The predicted molar refractivity (Wildman–Crippen MR) is 95.4 cm³/mol. The highest BCUT2D eigenvalue weighted by Crippen LogP contribution is 2.28. The Morgan fingerprint density at radius 1 is 1.04 bits per heavy atom. The van der Waals surface area contributed by atoms with Crippen LogP contribution in [0.25, 0.3) is 11.1 Å². The molecule has 3 aromatic rings. The van der Waals surface area contributed by atoms with Crippen LogP contribution in [0.15, 0.2) is 65.4 Å². The SMILES string of the molecule is Cc1cc(-c2ccsc2)ccc1OC(=O)N(C)c1ccccc1. The van der Waals surface area contributed by atoms with Crippen LogP contribution in [0.4, 0.5) is 10.5 Å². The Morgan fingerprint density at radius 3 is 2.48 bits per heavy atom. The lowest BCUT2D eigenvalue weighted by Gasteiger charge is -2.17. The van der Waals surface area contributed by atoms with Gasteiger partial charge >= 0.3 is 6.09 Å². The zero-order valence-electron chi connectivity index (χ0n) is 13.0. The van der Waals surface area contributed by atoms with Crippen LogP contribution in [0, 0.1) is 6.92 Å². The number of nitrogens with zero attached hydrogens (tertiary/aromatic N) is 1. The Morgan fingerprint density at radius 2 is 1.83 bits per heavy atom. The zero-order chi connectivity index (χ0) is 16.2. The van der Waals surface area contributed by atoms with Gasteiger partial charge in [-0.1, -0.05) is 24.3 Å². The molecule has 1 amide bonds. The smallest absolute Gasteiger partial charge is 0.410 e. The van der Waals surface area contributed by atoms with Crippen molar-refractivity contribution in [1.29, 1.82) is 0 Å². The number of anilines is 1. The third kappa shape index (κ3) is 3.43. The Kier molecular flexibility index (Phi) is 4.44. The first kappa shape index (κ1) is 15.3. The summed E-state index contributed by atoms with van der Waals surface area (Å²) in [5.41, 5.74) is 4.03. The van der Waals surface area contributed by atoms with E-state index in [1.807, 2.05) is 60.8 Å². The predicted octanol–water partition coefficient (Wildman–Crippen LogP) is 5.36. The second-order valence-corrected chi connectivity index (χ2v) is 6.03. The van der Waals surface area contributed by atoms with Gasteiger partial charge in [0.25, 0.3) is 0 Å². The molecule has 3 nitrogen and oxygen atoms in total. The minimum atomic E-state index is -0.400. The number of ether oxygens (including phenoxy) is 1. The first-order valence-electron chi connectivity index (χ1n) is 7.29. The second-order valence-electron chi connectivity index (χ2n) is 5.25. The van der Waals surface area contributed by atoms with E-state index in [1.54, 1.807) is 18.4 Å². The van der Waals surface area contributed by atoms with Gasteiger partial charge in [0.15, 0.2) is 0 Å². The molecule has 116 valence electrons. The van der Waals surface area contributed by atoms with E-state index in [-0.39, 0.29) is 0 Å². The van der Waals surface area contributed by atoms with Gasteiger partial charge in [0, 0.05) is 12.7 Å². The molecule has 0 fully saturated rings. The fourth-order valence-corrected chi connectivity index (χ4v) is 2.96. The quantitative estimate of drug-likeness (QED) is 0.649. The summed E-state index contributed by atoms with van der Waals surface area (Å²) >= 11 is 1.66. The van der Waals surface area contributed by atoms with Crippen molar-refractivity contribution in [3.05, 3.63) is 70.9 Å². The number of aryl methyl sites for hydroxylation is 1. The zero-order valence-corrected chi connectivity index (χ0v) is 13.8. The van der Waals surface area contributed by atoms with Gasteiger partial charge in [-0.25, -0.2) is 4.79 Å². The van der Waals surface area contributed by atoms with Crippen molar-refractivity contribution in [2.24, 2.45) is 0 Å². The van der Waals surface area contributed by atoms with Crippen molar-refractivity contribution >= 4 is 23.1 Å². The first-order valence-corrected chi connectivity index (χ1v) is 8.23. The summed E-state index contributed by atoms with van der Waals surface area (Å²) in [5, 5.41) is 4.15. The highest BCUT2D eigenvalue weighted by molar-refractivity contribution is 7.08. The van der Waals surface area contributed by atoms with E-state index in [1.165, 1.54) is 10.5 Å². The van der Waals surface area contributed by atoms with Gasteiger partial charge in [-0.3, -0.25) is 4.90 Å². The van der Waals surface area contributed by atoms with Crippen molar-refractivity contribution in [1.82, 2.24) is 0 Å². The molecule has 0 aliphatic heterocycles. The standard InChI is InChI=1S/C19H17NO2S/c1-14-12-15(16-10-11-23-13-16)8-9-18(14)22-19(21)20(2)17-6-4-3-5-7-17/h3-13H,1-2H3. The maximum atomic E-state index is 12.3. The molecule has 1 aromatic heterocycles. The van der Waals surface area contributed by atoms with Gasteiger partial charge in [-0.15, -0.1) is 0 Å². The minimum Gasteiger partial charge on any atom is -0.410 e. The molecule has 0 N–H and O–H groups in total. The summed E-state index contributed by atoms with van der Waals surface area (Å²) in [7, 11) is 1.70. The number of benzene rings is 2. The number of para-hydroxylation sites is 1. The van der Waals surface area contributed by atoms with Crippen LogP contribution in [0.5, 0.6) is 5.75 Å². The average molecular weight is 323 g/mol. The van der Waals surface area contributed by atoms with Crippen LogP contribution in [0.3, 0.4) is 0 Å². The maximum Gasteiger partial charge on any atom is 0.419 e. The molecular weight excluding hydrogens is 306 g/mol. The van der Waals surface area contributed by atoms with E-state index in [0.717, 1.165) is 16.8 Å². The molecule has 0 bridgehead atoms. The summed E-state index contributed by atoms with van der Waals surface area (Å²) in [4.78, 5) is 13.8. The number of rotatable bonds is 3. The van der Waals surface area contributed by atoms with Crippen molar-refractivity contribution < 1.29 is 9.53 Å². The second kappa shape index (κ2) is 6.67. The van der Waals surface area contributed by atoms with Gasteiger partial charge in [0.1, 0.15) is 5.75 Å². The fraction of sp³-hybridized carbons (Fsp3) is 0.105. The first-order chi connectivity index (χ1) is 11.1. The van der Waals surface area contributed by atoms with E-state index >= 15 is 0 Å². The molecule has 0 aliphatic rings. The summed E-state index contributed by atoms with van der Waals surface area (Å²) in [6, 6.07) is 17.4. The van der Waals surface area contributed by atoms with E-state index in [2.05, 4.69) is 11.4 Å². The van der Waals surface area contributed by atoms with Crippen LogP contribution in [-0.4, -0.2) is 13.1 Å². The van der Waals surface area contributed by atoms with Crippen LogP contribution in [0.2, 0.25) is 0 Å². The Labute approximate surface area is 139 Å². The van der Waals surface area contributed by atoms with Gasteiger partial charge < -0.3 is 4.74 Å². The molecule has 2 aromatic carbocycles. The molecule has 4 heteroatoms. The Balaban J connectivity index is 1.76. The topological polar surface area (TPSA) is 29.5 Å². The summed E-state index contributed by atoms with van der Waals surface area (Å²) in [6.07, 6.45) is -0.400. The molecule has 0 spiro atoms. The van der Waals surface area contributed by atoms with Crippen molar-refractivity contribution in [3.8, 4) is 16.9 Å². The maximum absolute atomic E-state index is 12.3. The third-order valence-electron chi connectivity index (χ3n) is 3.64. The lowest BCUT2D eigenvalue weighted by atomic mass is 10.1. The molecule has 0 atom stereocenters. The number of hydrogen-bond acceptors (Lipinski definition) is 3. The van der Waals surface area contributed by atoms with Crippen LogP contribution in [0.1, 0.15) is 5.56 Å². The monoisotopic (exact) mass is 323 g/mol. The molecule has 0 radical (unpaired) electrons. The van der Waals surface area contributed by atoms with Crippen molar-refractivity contribution in [2.75, 3.05) is 11.9 Å². The fourth-order valence-electron chi connectivity index (χ4n) is 2.29. The number of amides is 1. The minimum absolute atomic E-state index is 0.400. The number of carbonyl (C=O) groups excluding carboxylic acids is 1. The van der Waals surface area contributed by atoms with Crippen LogP contribution >= 0.6 is 11.3 Å². The van der Waals surface area contributed by atoms with Gasteiger partial charge in [-0.05, 0) is 64.7 Å². The molecule has 0 unspecified atom stereocenters. The lowest BCUT2D eigenvalue weighted by molar-refractivity contribution is 0.208. The van der Waals surface area contributed by atoms with E-state index in [0.29, 0.717) is 5.75 Å². The highest BCUT2D eigenvalue weighted by atomic mass is 32.1. The summed E-state index contributed by atoms with van der Waals surface area (Å²) in [5.74, 6) is 0.580. The van der Waals surface area contributed by atoms with Crippen LogP contribution in [-0.2, 0) is 0 Å². The summed E-state index contributed by atoms with van der Waals surface area (Å²) in [6.45, 7) is 1.95. The largest absolute Gasteiger partial charge is 0.419 e. The number of hydrogen-bond donors (Lipinski definition) is 0. The molecular formula is C19H17NO2S. The molecule has 0 aliphatic carbocycles. The normalized spacial score (nSPS) is 10.3. The van der Waals surface area contributed by atoms with Crippen molar-refractivity contribution in [2.45, 2.75) is 6.92 Å². The highest BCUT2D eigenvalue weighted by Gasteiger charge is 2.14. The molecule has 0 saturated carbocycles.